The van der Waals surface area contributed by atoms with E-state index < -0.39 is 0 Å². The minimum Gasteiger partial charge on any atom is -0.309 e. The normalized spacial score (nSPS) is 17.9. The molecule has 1 aromatic heterocycles. The number of halogens is 1. The Morgan fingerprint density at radius 2 is 2.33 bits per heavy atom. The number of allylic oxidation sites excluding steroid dienone is 1. The number of hydrogen-bond acceptors (Lipinski definition) is 2. The average molecular weight is 286 g/mol. The molecule has 0 saturated carbocycles. The second-order valence-corrected chi connectivity index (χ2v) is 6.40. The van der Waals surface area contributed by atoms with Gasteiger partial charge in [0.2, 0.25) is 0 Å². The summed E-state index contributed by atoms with van der Waals surface area (Å²) in [6.45, 7) is 2.15. The first-order valence-electron chi connectivity index (χ1n) is 5.34. The number of aryl methyl sites for hydroxylation is 1. The maximum absolute atomic E-state index is 3.59. The molecule has 0 fully saturated rings. The Morgan fingerprint density at radius 3 is 2.80 bits per heavy atom. The van der Waals surface area contributed by atoms with E-state index in [4.69, 9.17) is 0 Å². The molecule has 82 valence electrons. The topological polar surface area (TPSA) is 12.0 Å². The van der Waals surface area contributed by atoms with Crippen LogP contribution in [0.1, 0.15) is 35.7 Å². The molecule has 2 rings (SSSR count). The summed E-state index contributed by atoms with van der Waals surface area (Å²) in [5, 5.41) is 3.42. The predicted octanol–water partition coefficient (Wildman–Crippen LogP) is 4.19. The van der Waals surface area contributed by atoms with Crippen molar-refractivity contribution in [3.63, 3.8) is 0 Å². The molecule has 0 spiro atoms. The molecule has 0 bridgehead atoms. The van der Waals surface area contributed by atoms with E-state index in [1.54, 1.807) is 5.57 Å². The van der Waals surface area contributed by atoms with Crippen molar-refractivity contribution >= 4 is 27.3 Å². The van der Waals surface area contributed by atoms with Gasteiger partial charge in [0.1, 0.15) is 0 Å². The first-order valence-corrected chi connectivity index (χ1v) is 6.95. The molecule has 1 atom stereocenters. The van der Waals surface area contributed by atoms with Crippen LogP contribution < -0.4 is 5.32 Å². The Hall–Kier alpha value is -0.120. The van der Waals surface area contributed by atoms with Crippen LogP contribution in [0.25, 0.3) is 0 Å². The van der Waals surface area contributed by atoms with Crippen molar-refractivity contribution in [1.29, 1.82) is 0 Å². The predicted molar refractivity (Wildman–Crippen MR) is 70.5 cm³/mol. The lowest BCUT2D eigenvalue weighted by atomic mass is 10.1. The third-order valence-corrected chi connectivity index (χ3v) is 5.10. The smallest absolute Gasteiger partial charge is 0.0731 e. The lowest BCUT2D eigenvalue weighted by Gasteiger charge is -2.15. The molecule has 1 aliphatic rings. The molecular formula is C12H16BrNS. The summed E-state index contributed by atoms with van der Waals surface area (Å²) in [4.78, 5) is 1.43. The second-order valence-electron chi connectivity index (χ2n) is 4.00. The van der Waals surface area contributed by atoms with Gasteiger partial charge in [-0.15, -0.1) is 11.3 Å². The molecule has 1 nitrogen and oxygen atoms in total. The third kappa shape index (κ3) is 2.35. The fraction of sp³-hybridized carbons (Fsp3) is 0.500. The van der Waals surface area contributed by atoms with Crippen molar-refractivity contribution in [2.24, 2.45) is 0 Å². The van der Waals surface area contributed by atoms with E-state index in [0.29, 0.717) is 6.04 Å². The highest BCUT2D eigenvalue weighted by Crippen LogP contribution is 2.37. The SMILES string of the molecule is CNC(C1=CCCC1)c1cc(C)c(Br)s1. The summed E-state index contributed by atoms with van der Waals surface area (Å²) in [6.07, 6.45) is 6.21. The first kappa shape index (κ1) is 11.4. The molecule has 1 unspecified atom stereocenters. The Bertz CT molecular complexity index is 361. The van der Waals surface area contributed by atoms with E-state index in [1.807, 2.05) is 18.4 Å². The van der Waals surface area contributed by atoms with E-state index in [9.17, 15) is 0 Å². The number of rotatable bonds is 3. The molecule has 1 N–H and O–H groups in total. The maximum Gasteiger partial charge on any atom is 0.0731 e. The van der Waals surface area contributed by atoms with Crippen molar-refractivity contribution in [3.05, 3.63) is 31.9 Å². The van der Waals surface area contributed by atoms with Crippen molar-refractivity contribution in [2.45, 2.75) is 32.2 Å². The van der Waals surface area contributed by atoms with Crippen LogP contribution in [-0.4, -0.2) is 7.05 Å². The van der Waals surface area contributed by atoms with Gasteiger partial charge in [-0.1, -0.05) is 11.6 Å². The van der Waals surface area contributed by atoms with Gasteiger partial charge < -0.3 is 5.32 Å². The Kier molecular flexibility index (Phi) is 3.65. The molecule has 0 aromatic carbocycles. The fourth-order valence-electron chi connectivity index (χ4n) is 2.09. The summed E-state index contributed by atoms with van der Waals surface area (Å²) in [7, 11) is 2.05. The van der Waals surface area contributed by atoms with E-state index >= 15 is 0 Å². The van der Waals surface area contributed by atoms with Gasteiger partial charge in [-0.05, 0) is 60.8 Å². The minimum atomic E-state index is 0.433. The van der Waals surface area contributed by atoms with Crippen molar-refractivity contribution < 1.29 is 0 Å². The molecule has 0 aliphatic heterocycles. The van der Waals surface area contributed by atoms with Crippen LogP contribution in [0.5, 0.6) is 0 Å². The van der Waals surface area contributed by atoms with Crippen molar-refractivity contribution in [1.82, 2.24) is 5.32 Å². The highest BCUT2D eigenvalue weighted by atomic mass is 79.9. The number of nitrogens with one attached hydrogen (secondary N) is 1. The van der Waals surface area contributed by atoms with Gasteiger partial charge in [-0.25, -0.2) is 0 Å². The van der Waals surface area contributed by atoms with Crippen LogP contribution in [0.2, 0.25) is 0 Å². The van der Waals surface area contributed by atoms with Crippen LogP contribution in [0.3, 0.4) is 0 Å². The molecule has 0 saturated heterocycles. The first-order chi connectivity index (χ1) is 7.22. The van der Waals surface area contributed by atoms with Crippen LogP contribution >= 0.6 is 27.3 Å². The second kappa shape index (κ2) is 4.81. The number of thiophene rings is 1. The molecule has 0 radical (unpaired) electrons. The van der Waals surface area contributed by atoms with Crippen LogP contribution in [0.15, 0.2) is 21.5 Å². The largest absolute Gasteiger partial charge is 0.309 e. The van der Waals surface area contributed by atoms with E-state index in [0.717, 1.165) is 0 Å². The van der Waals surface area contributed by atoms with Gasteiger partial charge in [-0.3, -0.25) is 0 Å². The summed E-state index contributed by atoms with van der Waals surface area (Å²) >= 11 is 5.44. The highest BCUT2D eigenvalue weighted by molar-refractivity contribution is 9.11. The Labute approximate surface area is 104 Å². The van der Waals surface area contributed by atoms with Crippen LogP contribution in [0, 0.1) is 6.92 Å². The van der Waals surface area contributed by atoms with Crippen molar-refractivity contribution in [3.8, 4) is 0 Å². The highest BCUT2D eigenvalue weighted by Gasteiger charge is 2.19. The van der Waals surface area contributed by atoms with Gasteiger partial charge in [0, 0.05) is 4.88 Å². The third-order valence-electron chi connectivity index (χ3n) is 2.90. The zero-order valence-electron chi connectivity index (χ0n) is 9.14. The van der Waals surface area contributed by atoms with Gasteiger partial charge in [0.05, 0.1) is 9.83 Å². The van der Waals surface area contributed by atoms with Gasteiger partial charge in [0.25, 0.3) is 0 Å². The molecule has 0 amide bonds. The summed E-state index contributed by atoms with van der Waals surface area (Å²) in [5.74, 6) is 0. The van der Waals surface area contributed by atoms with Gasteiger partial charge >= 0.3 is 0 Å². The Balaban J connectivity index is 2.26. The summed E-state index contributed by atoms with van der Waals surface area (Å²) in [5.41, 5.74) is 2.90. The molecule has 15 heavy (non-hydrogen) atoms. The van der Waals surface area contributed by atoms with Crippen LogP contribution in [-0.2, 0) is 0 Å². The molecule has 1 heterocycles. The lowest BCUT2D eigenvalue weighted by molar-refractivity contribution is 0.666. The molecule has 3 heteroatoms. The number of hydrogen-bond donors (Lipinski definition) is 1. The van der Waals surface area contributed by atoms with E-state index in [2.05, 4.69) is 40.3 Å². The summed E-state index contributed by atoms with van der Waals surface area (Å²) < 4.78 is 1.26. The van der Waals surface area contributed by atoms with E-state index in [1.165, 1.54) is 33.5 Å². The molecule has 1 aromatic rings. The zero-order valence-corrected chi connectivity index (χ0v) is 11.5. The zero-order chi connectivity index (χ0) is 10.8. The quantitative estimate of drug-likeness (QED) is 0.822. The van der Waals surface area contributed by atoms with Crippen molar-refractivity contribution in [2.75, 3.05) is 7.05 Å². The van der Waals surface area contributed by atoms with Crippen LogP contribution in [0.4, 0.5) is 0 Å². The van der Waals surface area contributed by atoms with E-state index in [-0.39, 0.29) is 0 Å². The summed E-state index contributed by atoms with van der Waals surface area (Å²) in [6, 6.07) is 2.72. The molecular weight excluding hydrogens is 270 g/mol. The lowest BCUT2D eigenvalue weighted by Crippen LogP contribution is -2.16. The number of likely N-dealkylation sites (N-methyl/N-ethyl adjacent to an activating group) is 1. The van der Waals surface area contributed by atoms with Gasteiger partial charge in [-0.2, -0.15) is 0 Å². The maximum atomic E-state index is 3.59. The Morgan fingerprint density at radius 1 is 1.53 bits per heavy atom. The fourth-order valence-corrected chi connectivity index (χ4v) is 3.82. The average Bonchev–Trinajstić information content (AvgIpc) is 2.80. The molecule has 1 aliphatic carbocycles. The standard InChI is InChI=1S/C12H16BrNS/c1-8-7-10(15-12(8)13)11(14-2)9-5-3-4-6-9/h5,7,11,14H,3-4,6H2,1-2H3. The van der Waals surface area contributed by atoms with Gasteiger partial charge in [0.15, 0.2) is 0 Å². The minimum absolute atomic E-state index is 0.433. The monoisotopic (exact) mass is 285 g/mol.